The van der Waals surface area contributed by atoms with Gasteiger partial charge in [-0.25, -0.2) is 0 Å². The largest absolute Gasteiger partial charge is 0.487 e. The van der Waals surface area contributed by atoms with Gasteiger partial charge in [0.2, 0.25) is 0 Å². The fourth-order valence-electron chi connectivity index (χ4n) is 2.26. The van der Waals surface area contributed by atoms with Crippen molar-refractivity contribution < 1.29 is 19.2 Å². The van der Waals surface area contributed by atoms with Crippen molar-refractivity contribution in [3.8, 4) is 5.75 Å². The Balaban J connectivity index is 2.25. The van der Waals surface area contributed by atoms with Gasteiger partial charge in [0, 0.05) is 24.7 Å². The average Bonchev–Trinajstić information content (AvgIpc) is 2.47. The molecule has 1 aliphatic heterocycles. The van der Waals surface area contributed by atoms with Crippen LogP contribution in [-0.4, -0.2) is 48.1 Å². The third kappa shape index (κ3) is 3.49. The first-order chi connectivity index (χ1) is 10.0. The van der Waals surface area contributed by atoms with Gasteiger partial charge in [-0.15, -0.1) is 0 Å². The Bertz CT molecular complexity index is 546. The third-order valence-electron chi connectivity index (χ3n) is 3.23. The van der Waals surface area contributed by atoms with Crippen LogP contribution in [0.5, 0.6) is 5.75 Å². The number of nitrogens with zero attached hydrogens (tertiary/aromatic N) is 2. The first-order valence-electron chi connectivity index (χ1n) is 6.85. The molecule has 0 N–H and O–H groups in total. The molecule has 1 amide bonds. The van der Waals surface area contributed by atoms with Gasteiger partial charge in [-0.3, -0.25) is 14.9 Å². The number of hydrogen-bond donors (Lipinski definition) is 0. The molecule has 0 aliphatic carbocycles. The lowest BCUT2D eigenvalue weighted by atomic mass is 10.1. The zero-order chi connectivity index (χ0) is 15.4. The molecule has 0 spiro atoms. The number of ether oxygens (including phenoxy) is 2. The van der Waals surface area contributed by atoms with Crippen molar-refractivity contribution >= 4 is 11.6 Å². The number of carbonyl (C=O) groups excluding carboxylic acids is 1. The molecular weight excluding hydrogens is 276 g/mol. The number of nitro benzene ring substituents is 1. The Hall–Kier alpha value is -2.15. The summed E-state index contributed by atoms with van der Waals surface area (Å²) >= 11 is 0. The molecule has 2 rings (SSSR count). The molecule has 1 unspecified atom stereocenters. The first-order valence-corrected chi connectivity index (χ1v) is 6.85. The number of amides is 1. The van der Waals surface area contributed by atoms with Crippen molar-refractivity contribution in [1.29, 1.82) is 0 Å². The van der Waals surface area contributed by atoms with Crippen LogP contribution in [0.1, 0.15) is 24.2 Å². The van der Waals surface area contributed by atoms with Gasteiger partial charge in [0.05, 0.1) is 24.2 Å². The number of benzene rings is 1. The van der Waals surface area contributed by atoms with Crippen LogP contribution in [0.4, 0.5) is 5.69 Å². The maximum Gasteiger partial charge on any atom is 0.311 e. The lowest BCUT2D eigenvalue weighted by Crippen LogP contribution is -2.44. The second-order valence-corrected chi connectivity index (χ2v) is 4.81. The van der Waals surface area contributed by atoms with Gasteiger partial charge in [0.15, 0.2) is 5.75 Å². The van der Waals surface area contributed by atoms with Crippen LogP contribution in [0, 0.1) is 10.1 Å². The first kappa shape index (κ1) is 15.2. The number of nitro groups is 1. The highest BCUT2D eigenvalue weighted by Gasteiger charge is 2.25. The monoisotopic (exact) mass is 294 g/mol. The molecule has 1 fully saturated rings. The number of hydrogen-bond acceptors (Lipinski definition) is 5. The molecule has 0 aromatic heterocycles. The quantitative estimate of drug-likeness (QED) is 0.625. The summed E-state index contributed by atoms with van der Waals surface area (Å²) in [6.07, 6.45) is -0.0274. The number of morpholine rings is 1. The van der Waals surface area contributed by atoms with E-state index in [2.05, 4.69) is 0 Å². The molecule has 7 heteroatoms. The van der Waals surface area contributed by atoms with Gasteiger partial charge in [-0.2, -0.15) is 0 Å². The molecule has 1 atom stereocenters. The Kier molecular flexibility index (Phi) is 4.74. The van der Waals surface area contributed by atoms with E-state index in [1.165, 1.54) is 12.1 Å². The van der Waals surface area contributed by atoms with Gasteiger partial charge >= 0.3 is 5.69 Å². The standard InChI is InChI=1S/C14H18N2O5/c1-3-20-13-5-4-11(8-12(13)16(18)19)14(17)15-6-7-21-10(2)9-15/h4-5,8,10H,3,6-7,9H2,1-2H3. The summed E-state index contributed by atoms with van der Waals surface area (Å²) in [5.41, 5.74) is 0.100. The summed E-state index contributed by atoms with van der Waals surface area (Å²) in [5.74, 6) is -0.0503. The number of rotatable bonds is 4. The highest BCUT2D eigenvalue weighted by molar-refractivity contribution is 5.95. The number of carbonyl (C=O) groups is 1. The summed E-state index contributed by atoms with van der Waals surface area (Å²) in [6, 6.07) is 4.30. The normalized spacial score (nSPS) is 18.4. The van der Waals surface area contributed by atoms with Crippen LogP contribution in [0.25, 0.3) is 0 Å². The summed E-state index contributed by atoms with van der Waals surface area (Å²) in [4.78, 5) is 24.6. The zero-order valence-electron chi connectivity index (χ0n) is 12.1. The summed E-state index contributed by atoms with van der Waals surface area (Å²) in [6.45, 7) is 5.42. The summed E-state index contributed by atoms with van der Waals surface area (Å²) in [5, 5.41) is 11.1. The topological polar surface area (TPSA) is 81.9 Å². The molecule has 21 heavy (non-hydrogen) atoms. The molecule has 1 heterocycles. The van der Waals surface area contributed by atoms with Crippen molar-refractivity contribution in [2.75, 3.05) is 26.3 Å². The Morgan fingerprint density at radius 1 is 1.57 bits per heavy atom. The van der Waals surface area contributed by atoms with Crippen molar-refractivity contribution in [3.63, 3.8) is 0 Å². The van der Waals surface area contributed by atoms with Crippen LogP contribution >= 0.6 is 0 Å². The Labute approximate surface area is 122 Å². The summed E-state index contributed by atoms with van der Waals surface area (Å²) < 4.78 is 10.6. The van der Waals surface area contributed by atoms with Crippen molar-refractivity contribution in [2.24, 2.45) is 0 Å². The molecule has 1 saturated heterocycles. The van der Waals surface area contributed by atoms with Crippen molar-refractivity contribution in [1.82, 2.24) is 4.90 Å². The van der Waals surface area contributed by atoms with Crippen LogP contribution < -0.4 is 4.74 Å². The highest BCUT2D eigenvalue weighted by Crippen LogP contribution is 2.28. The molecule has 0 saturated carbocycles. The van der Waals surface area contributed by atoms with Gasteiger partial charge in [-0.1, -0.05) is 0 Å². The van der Waals surface area contributed by atoms with Crippen LogP contribution in [0.3, 0.4) is 0 Å². The predicted octanol–water partition coefficient (Wildman–Crippen LogP) is 1.85. The Morgan fingerprint density at radius 2 is 2.33 bits per heavy atom. The minimum atomic E-state index is -0.538. The van der Waals surface area contributed by atoms with E-state index in [-0.39, 0.29) is 23.4 Å². The van der Waals surface area contributed by atoms with Crippen LogP contribution in [0.15, 0.2) is 18.2 Å². The van der Waals surface area contributed by atoms with Gasteiger partial charge < -0.3 is 14.4 Å². The molecular formula is C14H18N2O5. The van der Waals surface area contributed by atoms with E-state index in [0.717, 1.165) is 0 Å². The maximum atomic E-state index is 12.4. The maximum absolute atomic E-state index is 12.4. The molecule has 114 valence electrons. The second kappa shape index (κ2) is 6.53. The van der Waals surface area contributed by atoms with Gasteiger partial charge in [0.25, 0.3) is 5.91 Å². The molecule has 7 nitrogen and oxygen atoms in total. The Morgan fingerprint density at radius 3 is 2.95 bits per heavy atom. The van der Waals surface area contributed by atoms with Crippen LogP contribution in [0.2, 0.25) is 0 Å². The van der Waals surface area contributed by atoms with E-state index < -0.39 is 4.92 Å². The fourth-order valence-corrected chi connectivity index (χ4v) is 2.26. The fraction of sp³-hybridized carbons (Fsp3) is 0.500. The average molecular weight is 294 g/mol. The minimum absolute atomic E-state index is 0.0274. The third-order valence-corrected chi connectivity index (χ3v) is 3.23. The second-order valence-electron chi connectivity index (χ2n) is 4.81. The molecule has 1 aromatic carbocycles. The SMILES string of the molecule is CCOc1ccc(C(=O)N2CCOC(C)C2)cc1[N+](=O)[O-]. The van der Waals surface area contributed by atoms with E-state index in [1.54, 1.807) is 17.9 Å². The van der Waals surface area contributed by atoms with Gasteiger partial charge in [0.1, 0.15) is 0 Å². The molecule has 1 aliphatic rings. The minimum Gasteiger partial charge on any atom is -0.487 e. The van der Waals surface area contributed by atoms with E-state index >= 15 is 0 Å². The lowest BCUT2D eigenvalue weighted by Gasteiger charge is -2.31. The molecule has 0 bridgehead atoms. The summed E-state index contributed by atoms with van der Waals surface area (Å²) in [7, 11) is 0. The van der Waals surface area contributed by atoms with Crippen molar-refractivity contribution in [3.05, 3.63) is 33.9 Å². The lowest BCUT2D eigenvalue weighted by molar-refractivity contribution is -0.385. The molecule has 1 aromatic rings. The van der Waals surface area contributed by atoms with Crippen molar-refractivity contribution in [2.45, 2.75) is 20.0 Å². The zero-order valence-corrected chi connectivity index (χ0v) is 12.1. The highest BCUT2D eigenvalue weighted by atomic mass is 16.6. The van der Waals surface area contributed by atoms with Gasteiger partial charge in [-0.05, 0) is 26.0 Å². The van der Waals surface area contributed by atoms with E-state index in [1.807, 2.05) is 6.92 Å². The van der Waals surface area contributed by atoms with E-state index in [9.17, 15) is 14.9 Å². The smallest absolute Gasteiger partial charge is 0.311 e. The van der Waals surface area contributed by atoms with E-state index in [0.29, 0.717) is 31.9 Å². The molecule has 0 radical (unpaired) electrons. The predicted molar refractivity (Wildman–Crippen MR) is 75.6 cm³/mol. The van der Waals surface area contributed by atoms with E-state index in [4.69, 9.17) is 9.47 Å². The van der Waals surface area contributed by atoms with Crippen LogP contribution in [-0.2, 0) is 4.74 Å².